The van der Waals surface area contributed by atoms with Crippen LogP contribution in [0.1, 0.15) is 24.8 Å². The van der Waals surface area contributed by atoms with Gasteiger partial charge in [0.2, 0.25) is 0 Å². The van der Waals surface area contributed by atoms with E-state index < -0.39 is 0 Å². The highest BCUT2D eigenvalue weighted by Gasteiger charge is 2.29. The summed E-state index contributed by atoms with van der Waals surface area (Å²) in [5, 5.41) is 9.49. The molecule has 1 aliphatic rings. The van der Waals surface area contributed by atoms with E-state index in [0.29, 0.717) is 5.92 Å². The van der Waals surface area contributed by atoms with E-state index >= 15 is 0 Å². The summed E-state index contributed by atoms with van der Waals surface area (Å²) in [5.74, 6) is 0.442. The average molecular weight is 274 g/mol. The number of piperidine rings is 1. The van der Waals surface area contributed by atoms with E-state index in [9.17, 15) is 9.50 Å². The number of nitrogens with zero attached hydrogens (tertiary/aromatic N) is 1. The van der Waals surface area contributed by atoms with Gasteiger partial charge in [-0.2, -0.15) is 0 Å². The number of aliphatic hydroxyl groups is 1. The minimum atomic E-state index is -0.194. The van der Waals surface area contributed by atoms with Gasteiger partial charge >= 0.3 is 0 Å². The van der Waals surface area contributed by atoms with E-state index in [1.165, 1.54) is 12.1 Å². The lowest BCUT2D eigenvalue weighted by Gasteiger charge is -2.37. The molecule has 0 radical (unpaired) electrons. The molecular formula is C14H21ClFNO. The van der Waals surface area contributed by atoms with Crippen LogP contribution in [0.2, 0.25) is 0 Å². The Bertz CT molecular complexity index is 357. The smallest absolute Gasteiger partial charge is 0.123 e. The van der Waals surface area contributed by atoms with Crippen molar-refractivity contribution in [1.82, 2.24) is 4.90 Å². The molecule has 1 aromatic rings. The summed E-state index contributed by atoms with van der Waals surface area (Å²) in [4.78, 5) is 2.36. The van der Waals surface area contributed by atoms with Crippen molar-refractivity contribution < 1.29 is 9.50 Å². The maximum absolute atomic E-state index is 12.9. The van der Waals surface area contributed by atoms with E-state index in [1.54, 1.807) is 0 Å². The van der Waals surface area contributed by atoms with Gasteiger partial charge in [0.15, 0.2) is 0 Å². The molecule has 1 saturated heterocycles. The Labute approximate surface area is 114 Å². The Balaban J connectivity index is 0.00000162. The number of hydrogen-bond acceptors (Lipinski definition) is 2. The van der Waals surface area contributed by atoms with Crippen molar-refractivity contribution >= 4 is 12.4 Å². The third-order valence-electron chi connectivity index (χ3n) is 3.80. The van der Waals surface area contributed by atoms with Crippen LogP contribution in [0.15, 0.2) is 24.3 Å². The van der Waals surface area contributed by atoms with Crippen LogP contribution in [0.25, 0.3) is 0 Å². The van der Waals surface area contributed by atoms with Gasteiger partial charge in [0.05, 0.1) is 0 Å². The molecule has 1 heterocycles. The molecule has 0 unspecified atom stereocenters. The number of halogens is 2. The first kappa shape index (κ1) is 15.4. The number of aliphatic hydroxyl groups excluding tert-OH is 1. The molecule has 0 saturated carbocycles. The van der Waals surface area contributed by atoms with Crippen LogP contribution < -0.4 is 0 Å². The van der Waals surface area contributed by atoms with Crippen molar-refractivity contribution in [3.8, 4) is 0 Å². The largest absolute Gasteiger partial charge is 0.396 e. The molecule has 0 bridgehead atoms. The van der Waals surface area contributed by atoms with Gasteiger partial charge in [0, 0.05) is 19.1 Å². The summed E-state index contributed by atoms with van der Waals surface area (Å²) in [7, 11) is 0. The van der Waals surface area contributed by atoms with Gasteiger partial charge in [-0.15, -0.1) is 12.4 Å². The molecule has 1 aliphatic heterocycles. The quantitative estimate of drug-likeness (QED) is 0.915. The second-order valence-corrected chi connectivity index (χ2v) is 4.78. The summed E-state index contributed by atoms with van der Waals surface area (Å²) in [6.45, 7) is 5.39. The van der Waals surface area contributed by atoms with Gasteiger partial charge in [-0.3, -0.25) is 0 Å². The van der Waals surface area contributed by atoms with Gasteiger partial charge in [-0.1, -0.05) is 19.1 Å². The number of benzene rings is 1. The second kappa shape index (κ2) is 7.07. The molecule has 1 fully saturated rings. The average Bonchev–Trinajstić information content (AvgIpc) is 2.39. The van der Waals surface area contributed by atoms with Crippen LogP contribution in [0.3, 0.4) is 0 Å². The molecule has 0 spiro atoms. The summed E-state index contributed by atoms with van der Waals surface area (Å²) in [6, 6.07) is 6.72. The first-order valence-electron chi connectivity index (χ1n) is 6.33. The van der Waals surface area contributed by atoms with E-state index in [0.717, 1.165) is 31.6 Å². The maximum atomic E-state index is 12.9. The maximum Gasteiger partial charge on any atom is 0.123 e. The highest BCUT2D eigenvalue weighted by molar-refractivity contribution is 5.85. The SMILES string of the molecule is CCN1CC[C@H](c2ccc(F)cc2)[C@H](CO)C1.Cl. The summed E-state index contributed by atoms with van der Waals surface area (Å²) < 4.78 is 12.9. The Kier molecular flexibility index (Phi) is 6.06. The Morgan fingerprint density at radius 1 is 1.33 bits per heavy atom. The van der Waals surface area contributed by atoms with Gasteiger partial charge in [0.1, 0.15) is 5.82 Å². The fourth-order valence-corrected chi connectivity index (χ4v) is 2.73. The van der Waals surface area contributed by atoms with E-state index in [-0.39, 0.29) is 30.7 Å². The lowest BCUT2D eigenvalue weighted by atomic mass is 9.81. The highest BCUT2D eigenvalue weighted by atomic mass is 35.5. The zero-order valence-corrected chi connectivity index (χ0v) is 11.5. The van der Waals surface area contributed by atoms with Crippen LogP contribution in [0.5, 0.6) is 0 Å². The third kappa shape index (κ3) is 3.44. The first-order valence-corrected chi connectivity index (χ1v) is 6.33. The van der Waals surface area contributed by atoms with Crippen molar-refractivity contribution in [2.24, 2.45) is 5.92 Å². The van der Waals surface area contributed by atoms with Crippen LogP contribution in [-0.2, 0) is 0 Å². The normalized spacial score (nSPS) is 24.6. The van der Waals surface area contributed by atoms with Gasteiger partial charge < -0.3 is 10.0 Å². The van der Waals surface area contributed by atoms with Crippen molar-refractivity contribution in [3.05, 3.63) is 35.6 Å². The minimum absolute atomic E-state index is 0. The third-order valence-corrected chi connectivity index (χ3v) is 3.80. The molecule has 1 aromatic carbocycles. The molecule has 18 heavy (non-hydrogen) atoms. The minimum Gasteiger partial charge on any atom is -0.396 e. The van der Waals surface area contributed by atoms with Crippen molar-refractivity contribution in [3.63, 3.8) is 0 Å². The molecular weight excluding hydrogens is 253 g/mol. The predicted molar refractivity (Wildman–Crippen MR) is 73.7 cm³/mol. The van der Waals surface area contributed by atoms with Crippen LogP contribution in [0, 0.1) is 11.7 Å². The fraction of sp³-hybridized carbons (Fsp3) is 0.571. The van der Waals surface area contributed by atoms with Crippen LogP contribution >= 0.6 is 12.4 Å². The zero-order valence-electron chi connectivity index (χ0n) is 10.7. The molecule has 0 aromatic heterocycles. The van der Waals surface area contributed by atoms with E-state index in [4.69, 9.17) is 0 Å². The number of rotatable bonds is 3. The molecule has 2 atom stereocenters. The summed E-state index contributed by atoms with van der Waals surface area (Å²) in [5.41, 5.74) is 1.15. The molecule has 2 nitrogen and oxygen atoms in total. The van der Waals surface area contributed by atoms with E-state index in [1.807, 2.05) is 12.1 Å². The van der Waals surface area contributed by atoms with Gasteiger partial charge in [-0.25, -0.2) is 4.39 Å². The summed E-state index contributed by atoms with van der Waals surface area (Å²) in [6.07, 6.45) is 1.05. The van der Waals surface area contributed by atoms with Crippen molar-refractivity contribution in [1.29, 1.82) is 0 Å². The van der Waals surface area contributed by atoms with Crippen LogP contribution in [-0.4, -0.2) is 36.2 Å². The lowest BCUT2D eigenvalue weighted by Crippen LogP contribution is -2.40. The van der Waals surface area contributed by atoms with Gasteiger partial charge in [0.25, 0.3) is 0 Å². The van der Waals surface area contributed by atoms with Gasteiger partial charge in [-0.05, 0) is 43.1 Å². The topological polar surface area (TPSA) is 23.5 Å². The molecule has 102 valence electrons. The summed E-state index contributed by atoms with van der Waals surface area (Å²) >= 11 is 0. The zero-order chi connectivity index (χ0) is 12.3. The molecule has 1 N–H and O–H groups in total. The highest BCUT2D eigenvalue weighted by Crippen LogP contribution is 2.32. The fourth-order valence-electron chi connectivity index (χ4n) is 2.73. The Hall–Kier alpha value is -0.640. The molecule has 4 heteroatoms. The number of hydrogen-bond donors (Lipinski definition) is 1. The van der Waals surface area contributed by atoms with Crippen molar-refractivity contribution in [2.45, 2.75) is 19.3 Å². The lowest BCUT2D eigenvalue weighted by molar-refractivity contribution is 0.105. The molecule has 2 rings (SSSR count). The Morgan fingerprint density at radius 3 is 2.56 bits per heavy atom. The first-order chi connectivity index (χ1) is 8.24. The van der Waals surface area contributed by atoms with Crippen LogP contribution in [0.4, 0.5) is 4.39 Å². The predicted octanol–water partition coefficient (Wildman–Crippen LogP) is 2.67. The standard InChI is InChI=1S/C14H20FNO.ClH/c1-2-16-8-7-14(12(9-16)10-17)11-3-5-13(15)6-4-11;/h3-6,12,14,17H,2,7-10H2,1H3;1H/t12-,14+;/m0./s1. The van der Waals surface area contributed by atoms with E-state index in [2.05, 4.69) is 11.8 Å². The molecule has 0 amide bonds. The van der Waals surface area contributed by atoms with Crippen molar-refractivity contribution in [2.75, 3.05) is 26.2 Å². The monoisotopic (exact) mass is 273 g/mol. The molecule has 0 aliphatic carbocycles. The number of likely N-dealkylation sites (tertiary alicyclic amines) is 1. The Morgan fingerprint density at radius 2 is 2.00 bits per heavy atom. The second-order valence-electron chi connectivity index (χ2n) is 4.78.